The molecule has 2 N–H and O–H groups in total. The minimum Gasteiger partial charge on any atom is -0.507 e. The van der Waals surface area contributed by atoms with Crippen LogP contribution in [0.2, 0.25) is 0 Å². The number of phenols is 1. The number of carbonyl (C=O) groups is 1. The van der Waals surface area contributed by atoms with Gasteiger partial charge >= 0.3 is 5.97 Å². The Morgan fingerprint density at radius 1 is 1.25 bits per heavy atom. The highest BCUT2D eigenvalue weighted by atomic mass is 16.4. The van der Waals surface area contributed by atoms with E-state index in [-0.39, 0.29) is 16.7 Å². The summed E-state index contributed by atoms with van der Waals surface area (Å²) in [6.07, 6.45) is 4.60. The van der Waals surface area contributed by atoms with E-state index in [0.29, 0.717) is 12.0 Å². The summed E-state index contributed by atoms with van der Waals surface area (Å²) < 4.78 is 0. The maximum Gasteiger partial charge on any atom is 0.339 e. The van der Waals surface area contributed by atoms with Crippen LogP contribution >= 0.6 is 0 Å². The van der Waals surface area contributed by atoms with Crippen molar-refractivity contribution < 1.29 is 15.0 Å². The Morgan fingerprint density at radius 2 is 1.90 bits per heavy atom. The van der Waals surface area contributed by atoms with Crippen LogP contribution in [0.15, 0.2) is 12.1 Å². The van der Waals surface area contributed by atoms with Crippen LogP contribution in [0, 0.1) is 0 Å². The highest BCUT2D eigenvalue weighted by Crippen LogP contribution is 2.40. The van der Waals surface area contributed by atoms with Gasteiger partial charge in [0, 0.05) is 5.56 Å². The molecule has 0 fully saturated rings. The molecule has 20 heavy (non-hydrogen) atoms. The highest BCUT2D eigenvalue weighted by molar-refractivity contribution is 5.93. The fraction of sp³-hybridized carbons (Fsp3) is 0.588. The summed E-state index contributed by atoms with van der Waals surface area (Å²) in [5.74, 6) is -1.09. The van der Waals surface area contributed by atoms with Gasteiger partial charge in [0.1, 0.15) is 11.3 Å². The number of rotatable bonds is 7. The summed E-state index contributed by atoms with van der Waals surface area (Å²) in [7, 11) is 0. The third kappa shape index (κ3) is 3.14. The van der Waals surface area contributed by atoms with Gasteiger partial charge in [-0.15, -0.1) is 0 Å². The average molecular weight is 278 g/mol. The minimum atomic E-state index is -1.05. The molecule has 0 saturated carbocycles. The van der Waals surface area contributed by atoms with Crippen LogP contribution < -0.4 is 0 Å². The zero-order chi connectivity index (χ0) is 15.3. The molecule has 0 radical (unpaired) electrons. The van der Waals surface area contributed by atoms with Gasteiger partial charge in [-0.2, -0.15) is 0 Å². The molecule has 0 aromatic heterocycles. The molecule has 0 amide bonds. The molecular weight excluding hydrogens is 252 g/mol. The maximum atomic E-state index is 11.4. The van der Waals surface area contributed by atoms with Crippen molar-refractivity contribution in [1.29, 1.82) is 0 Å². The van der Waals surface area contributed by atoms with E-state index < -0.39 is 5.97 Å². The van der Waals surface area contributed by atoms with Crippen molar-refractivity contribution in [3.63, 3.8) is 0 Å². The first kappa shape index (κ1) is 16.5. The molecule has 1 aromatic carbocycles. The topological polar surface area (TPSA) is 57.5 Å². The van der Waals surface area contributed by atoms with Gasteiger partial charge in [0.2, 0.25) is 0 Å². The number of aryl methyl sites for hydroxylation is 1. The summed E-state index contributed by atoms with van der Waals surface area (Å²) in [5, 5.41) is 19.8. The Balaban J connectivity index is 3.38. The van der Waals surface area contributed by atoms with Gasteiger partial charge in [0.25, 0.3) is 0 Å². The van der Waals surface area contributed by atoms with Gasteiger partial charge in [0.15, 0.2) is 0 Å². The molecule has 0 spiro atoms. The summed E-state index contributed by atoms with van der Waals surface area (Å²) >= 11 is 0. The van der Waals surface area contributed by atoms with Crippen LogP contribution in [0.25, 0.3) is 0 Å². The van der Waals surface area contributed by atoms with Crippen molar-refractivity contribution in [3.8, 4) is 5.75 Å². The lowest BCUT2D eigenvalue weighted by atomic mass is 9.74. The summed E-state index contributed by atoms with van der Waals surface area (Å²) in [5.41, 5.74) is 1.35. The predicted octanol–water partition coefficient (Wildman–Crippen LogP) is 4.51. The van der Waals surface area contributed by atoms with Crippen LogP contribution in [0.3, 0.4) is 0 Å². The van der Waals surface area contributed by atoms with E-state index in [9.17, 15) is 15.0 Å². The predicted molar refractivity (Wildman–Crippen MR) is 81.6 cm³/mol. The average Bonchev–Trinajstić information content (AvgIpc) is 2.43. The molecule has 0 bridgehead atoms. The molecule has 112 valence electrons. The lowest BCUT2D eigenvalue weighted by Gasteiger charge is -2.30. The van der Waals surface area contributed by atoms with Crippen molar-refractivity contribution in [1.82, 2.24) is 0 Å². The van der Waals surface area contributed by atoms with Crippen LogP contribution in [0.5, 0.6) is 5.75 Å². The number of benzene rings is 1. The zero-order valence-corrected chi connectivity index (χ0v) is 13.0. The standard InChI is InChI=1S/C17H26O3/c1-5-8-11-17(4,7-3)13-10-9-12(6-2)14(15(13)18)16(19)20/h9-10,18H,5-8,11H2,1-4H3,(H,19,20). The number of unbranched alkanes of at least 4 members (excludes halogenated alkanes) is 1. The lowest BCUT2D eigenvalue weighted by molar-refractivity contribution is 0.0692. The quantitative estimate of drug-likeness (QED) is 0.771. The van der Waals surface area contributed by atoms with Crippen LogP contribution in [-0.2, 0) is 11.8 Å². The first-order valence-electron chi connectivity index (χ1n) is 7.49. The molecule has 1 rings (SSSR count). The Bertz CT molecular complexity index is 479. The minimum absolute atomic E-state index is 0.0442. The van der Waals surface area contributed by atoms with E-state index in [2.05, 4.69) is 20.8 Å². The first-order valence-corrected chi connectivity index (χ1v) is 7.49. The van der Waals surface area contributed by atoms with E-state index in [1.54, 1.807) is 0 Å². The van der Waals surface area contributed by atoms with Crippen molar-refractivity contribution in [2.75, 3.05) is 0 Å². The van der Waals surface area contributed by atoms with Gasteiger partial charge in [-0.3, -0.25) is 0 Å². The van der Waals surface area contributed by atoms with Gasteiger partial charge in [-0.25, -0.2) is 4.79 Å². The molecule has 1 unspecified atom stereocenters. The Kier molecular flexibility index (Phi) is 5.61. The van der Waals surface area contributed by atoms with Crippen LogP contribution in [0.1, 0.15) is 74.9 Å². The maximum absolute atomic E-state index is 11.4. The molecule has 1 aromatic rings. The molecule has 0 saturated heterocycles. The van der Waals surface area contributed by atoms with Crippen LogP contribution in [-0.4, -0.2) is 16.2 Å². The van der Waals surface area contributed by atoms with Gasteiger partial charge < -0.3 is 10.2 Å². The van der Waals surface area contributed by atoms with Gasteiger partial charge in [-0.05, 0) is 30.2 Å². The Hall–Kier alpha value is -1.51. The molecule has 3 nitrogen and oxygen atoms in total. The Morgan fingerprint density at radius 3 is 2.35 bits per heavy atom. The molecule has 0 heterocycles. The number of carboxylic acids is 1. The van der Waals surface area contributed by atoms with Gasteiger partial charge in [0.05, 0.1) is 0 Å². The molecule has 0 aliphatic heterocycles. The highest BCUT2D eigenvalue weighted by Gasteiger charge is 2.30. The second-order valence-corrected chi connectivity index (χ2v) is 5.67. The van der Waals surface area contributed by atoms with E-state index in [1.165, 1.54) is 0 Å². The fourth-order valence-electron chi connectivity index (χ4n) is 2.72. The summed E-state index contributed by atoms with van der Waals surface area (Å²) in [6, 6.07) is 3.75. The number of aromatic hydroxyl groups is 1. The number of aromatic carboxylic acids is 1. The lowest BCUT2D eigenvalue weighted by Crippen LogP contribution is -2.22. The number of hydrogen-bond donors (Lipinski definition) is 2. The SMILES string of the molecule is CCCCC(C)(CC)c1ccc(CC)c(C(=O)O)c1O. The second-order valence-electron chi connectivity index (χ2n) is 5.67. The largest absolute Gasteiger partial charge is 0.507 e. The van der Waals surface area contributed by atoms with Gasteiger partial charge in [-0.1, -0.05) is 52.7 Å². The molecule has 0 aliphatic rings. The molecule has 1 atom stereocenters. The summed E-state index contributed by atoms with van der Waals surface area (Å²) in [4.78, 5) is 11.4. The monoisotopic (exact) mass is 278 g/mol. The Labute approximate surface area is 121 Å². The fourth-order valence-corrected chi connectivity index (χ4v) is 2.72. The van der Waals surface area contributed by atoms with Crippen molar-refractivity contribution in [2.24, 2.45) is 0 Å². The first-order chi connectivity index (χ1) is 9.41. The zero-order valence-electron chi connectivity index (χ0n) is 13.0. The van der Waals surface area contributed by atoms with E-state index in [4.69, 9.17) is 0 Å². The van der Waals surface area contributed by atoms with Crippen molar-refractivity contribution >= 4 is 5.97 Å². The molecule has 0 aliphatic carbocycles. The number of carboxylic acid groups (broad SMARTS) is 1. The number of hydrogen-bond acceptors (Lipinski definition) is 2. The van der Waals surface area contributed by atoms with E-state index in [0.717, 1.165) is 31.2 Å². The third-order valence-corrected chi connectivity index (χ3v) is 4.37. The van der Waals surface area contributed by atoms with Crippen LogP contribution in [0.4, 0.5) is 0 Å². The summed E-state index contributed by atoms with van der Waals surface area (Å²) in [6.45, 7) is 8.23. The van der Waals surface area contributed by atoms with Crippen molar-refractivity contribution in [2.45, 2.75) is 65.2 Å². The second kappa shape index (κ2) is 6.78. The molecule has 3 heteroatoms. The normalized spacial score (nSPS) is 14.0. The van der Waals surface area contributed by atoms with Crippen molar-refractivity contribution in [3.05, 3.63) is 28.8 Å². The smallest absolute Gasteiger partial charge is 0.339 e. The van der Waals surface area contributed by atoms with E-state index >= 15 is 0 Å². The van der Waals surface area contributed by atoms with E-state index in [1.807, 2.05) is 19.1 Å². The third-order valence-electron chi connectivity index (χ3n) is 4.37. The molecular formula is C17H26O3.